The molecule has 2 aliphatic rings. The second-order valence-corrected chi connectivity index (χ2v) is 9.02. The van der Waals surface area contributed by atoms with Crippen molar-refractivity contribution in [3.63, 3.8) is 0 Å². The molecule has 1 saturated heterocycles. The molecule has 8 heteroatoms. The average Bonchev–Trinajstić information content (AvgIpc) is 2.89. The van der Waals surface area contributed by atoms with E-state index in [0.29, 0.717) is 11.1 Å². The van der Waals surface area contributed by atoms with Crippen molar-refractivity contribution >= 4 is 11.7 Å². The van der Waals surface area contributed by atoms with Gasteiger partial charge in [0.15, 0.2) is 0 Å². The summed E-state index contributed by atoms with van der Waals surface area (Å²) in [5.41, 5.74) is 9.74. The van der Waals surface area contributed by atoms with E-state index in [1.54, 1.807) is 18.2 Å². The van der Waals surface area contributed by atoms with E-state index in [0.717, 1.165) is 50.0 Å². The third kappa shape index (κ3) is 6.25. The number of nitrogen functional groups attached to an aromatic ring is 1. The molecule has 3 aromatic carbocycles. The Morgan fingerprint density at radius 3 is 2.33 bits per heavy atom. The lowest BCUT2D eigenvalue weighted by Crippen LogP contribution is -2.42. The van der Waals surface area contributed by atoms with E-state index in [2.05, 4.69) is 17.0 Å². The molecule has 0 bridgehead atoms. The van der Waals surface area contributed by atoms with Crippen LogP contribution >= 0.6 is 0 Å². The number of nitrogens with two attached hydrogens (primary N) is 1. The summed E-state index contributed by atoms with van der Waals surface area (Å²) in [5.74, 6) is -1.12. The van der Waals surface area contributed by atoms with E-state index in [1.807, 2.05) is 6.07 Å². The Bertz CT molecular complexity index is 1190. The fraction of sp³-hybridized carbons (Fsp3) is 0.321. The molecule has 0 saturated carbocycles. The van der Waals surface area contributed by atoms with Crippen LogP contribution in [0.1, 0.15) is 39.9 Å². The minimum atomic E-state index is -4.40. The lowest BCUT2D eigenvalue weighted by molar-refractivity contribution is -0.137. The highest BCUT2D eigenvalue weighted by Gasteiger charge is 2.30. The maximum Gasteiger partial charge on any atom is 0.416 e. The zero-order valence-corrected chi connectivity index (χ0v) is 19.8. The van der Waals surface area contributed by atoms with Crippen LogP contribution in [-0.4, -0.2) is 41.8 Å². The smallest absolute Gasteiger partial charge is 0.416 e. The number of halogens is 3. The molecule has 0 spiro atoms. The van der Waals surface area contributed by atoms with Crippen molar-refractivity contribution in [3.8, 4) is 11.1 Å². The Kier molecular flexibility index (Phi) is 7.96. The molecular weight excluding hydrogens is 469 g/mol. The first-order valence-electron chi connectivity index (χ1n) is 11.9. The monoisotopic (exact) mass is 498 g/mol. The molecule has 0 aliphatic carbocycles. The van der Waals surface area contributed by atoms with E-state index < -0.39 is 17.7 Å². The predicted molar refractivity (Wildman–Crippen MR) is 133 cm³/mol. The molecule has 0 radical (unpaired) electrons. The molecule has 5 nitrogen and oxygen atoms in total. The summed E-state index contributed by atoms with van der Waals surface area (Å²) in [6.07, 6.45) is -0.892. The number of hydrogen-bond donors (Lipinski definition) is 2. The summed E-state index contributed by atoms with van der Waals surface area (Å²) in [6, 6.07) is 17.7. The normalized spacial score (nSPS) is 16.5. The first kappa shape index (κ1) is 25.7. The lowest BCUT2D eigenvalue weighted by atomic mass is 9.96. The number of anilines is 1. The van der Waals surface area contributed by atoms with Crippen LogP contribution in [0.15, 0.2) is 66.7 Å². The molecule has 1 fully saturated rings. The van der Waals surface area contributed by atoms with Crippen LogP contribution in [0, 0.1) is 0 Å². The highest BCUT2D eigenvalue weighted by atomic mass is 19.4. The number of carboxylic acids is 1. The Morgan fingerprint density at radius 1 is 0.972 bits per heavy atom. The van der Waals surface area contributed by atoms with Crippen LogP contribution < -0.4 is 5.73 Å². The maximum atomic E-state index is 12.4. The molecule has 0 atom stereocenters. The van der Waals surface area contributed by atoms with Gasteiger partial charge in [-0.05, 0) is 71.8 Å². The topological polar surface area (TPSA) is 75.8 Å². The van der Waals surface area contributed by atoms with Crippen molar-refractivity contribution in [1.82, 2.24) is 4.90 Å². The number of ether oxygens (including phenoxy) is 1. The quantitative estimate of drug-likeness (QED) is 0.442. The zero-order valence-electron chi connectivity index (χ0n) is 19.8. The van der Waals surface area contributed by atoms with Crippen LogP contribution in [0.2, 0.25) is 0 Å². The molecule has 190 valence electrons. The number of alkyl halides is 3. The standard InChI is InChI=1S/C14H9F3O2.C14H20N2O/c15-14(16,17)10-7-5-9(6-8-10)11-3-1-2-4-12(11)13(18)19;15-13-2-1-12-10-16(6-3-11(12)9-13)14-4-7-17-8-5-14/h1-8H,(H,18,19);1-2,9,14H,3-8,10,15H2. The first-order valence-corrected chi connectivity index (χ1v) is 11.9. The van der Waals surface area contributed by atoms with E-state index in [4.69, 9.17) is 15.6 Å². The maximum absolute atomic E-state index is 12.4. The van der Waals surface area contributed by atoms with Gasteiger partial charge in [-0.1, -0.05) is 36.4 Å². The molecule has 0 amide bonds. The van der Waals surface area contributed by atoms with Crippen molar-refractivity contribution in [2.75, 3.05) is 25.5 Å². The van der Waals surface area contributed by atoms with Crippen LogP contribution in [0.25, 0.3) is 11.1 Å². The molecule has 2 heterocycles. The molecule has 5 rings (SSSR count). The number of carbonyl (C=O) groups is 1. The third-order valence-electron chi connectivity index (χ3n) is 6.66. The van der Waals surface area contributed by atoms with E-state index in [9.17, 15) is 18.0 Å². The van der Waals surface area contributed by atoms with Gasteiger partial charge in [-0.15, -0.1) is 0 Å². The summed E-state index contributed by atoms with van der Waals surface area (Å²) in [4.78, 5) is 13.7. The van der Waals surface area contributed by atoms with Gasteiger partial charge in [0, 0.05) is 38.0 Å². The van der Waals surface area contributed by atoms with Crippen molar-refractivity contribution in [3.05, 3.63) is 89.0 Å². The van der Waals surface area contributed by atoms with Gasteiger partial charge in [-0.3, -0.25) is 4.90 Å². The Hall–Kier alpha value is -3.36. The van der Waals surface area contributed by atoms with Gasteiger partial charge < -0.3 is 15.6 Å². The molecular formula is C28H29F3N2O3. The van der Waals surface area contributed by atoms with Gasteiger partial charge in [0.05, 0.1) is 11.1 Å². The van der Waals surface area contributed by atoms with Crippen LogP contribution in [0.4, 0.5) is 18.9 Å². The Balaban J connectivity index is 0.000000170. The Morgan fingerprint density at radius 2 is 1.67 bits per heavy atom. The summed E-state index contributed by atoms with van der Waals surface area (Å²) in [5, 5.41) is 9.03. The number of rotatable bonds is 3. The average molecular weight is 499 g/mol. The van der Waals surface area contributed by atoms with Gasteiger partial charge in [-0.25, -0.2) is 4.79 Å². The fourth-order valence-electron chi connectivity index (χ4n) is 4.72. The minimum Gasteiger partial charge on any atom is -0.478 e. The third-order valence-corrected chi connectivity index (χ3v) is 6.66. The summed E-state index contributed by atoms with van der Waals surface area (Å²) in [7, 11) is 0. The molecule has 3 aromatic rings. The molecule has 36 heavy (non-hydrogen) atoms. The van der Waals surface area contributed by atoms with Gasteiger partial charge in [0.1, 0.15) is 0 Å². The SMILES string of the molecule is Nc1ccc2c(c1)CCN(C1CCOCC1)C2.O=C(O)c1ccccc1-c1ccc(C(F)(F)F)cc1. The number of nitrogens with zero attached hydrogens (tertiary/aromatic N) is 1. The highest BCUT2D eigenvalue weighted by molar-refractivity contribution is 5.95. The number of aromatic carboxylic acids is 1. The van der Waals surface area contributed by atoms with Crippen molar-refractivity contribution in [2.24, 2.45) is 0 Å². The molecule has 0 aromatic heterocycles. The fourth-order valence-corrected chi connectivity index (χ4v) is 4.72. The zero-order chi connectivity index (χ0) is 25.7. The first-order chi connectivity index (χ1) is 17.2. The number of carboxylic acid groups (broad SMARTS) is 1. The van der Waals surface area contributed by atoms with E-state index >= 15 is 0 Å². The summed E-state index contributed by atoms with van der Waals surface area (Å²) in [6.45, 7) is 4.10. The second kappa shape index (κ2) is 11.1. The van der Waals surface area contributed by atoms with Crippen LogP contribution in [-0.2, 0) is 23.9 Å². The van der Waals surface area contributed by atoms with Crippen molar-refractivity contribution in [1.29, 1.82) is 0 Å². The number of fused-ring (bicyclic) bond motifs is 1. The lowest BCUT2D eigenvalue weighted by Gasteiger charge is -2.37. The van der Waals surface area contributed by atoms with Gasteiger partial charge in [0.25, 0.3) is 0 Å². The molecule has 2 aliphatic heterocycles. The minimum absolute atomic E-state index is 0.0576. The van der Waals surface area contributed by atoms with Crippen LogP contribution in [0.3, 0.4) is 0 Å². The summed E-state index contributed by atoms with van der Waals surface area (Å²) < 4.78 is 42.7. The van der Waals surface area contributed by atoms with Gasteiger partial charge >= 0.3 is 12.1 Å². The van der Waals surface area contributed by atoms with E-state index in [1.165, 1.54) is 48.7 Å². The molecule has 0 unspecified atom stereocenters. The van der Waals surface area contributed by atoms with Gasteiger partial charge in [-0.2, -0.15) is 13.2 Å². The van der Waals surface area contributed by atoms with Crippen molar-refractivity contribution < 1.29 is 27.8 Å². The number of benzene rings is 3. The van der Waals surface area contributed by atoms with E-state index in [-0.39, 0.29) is 5.56 Å². The van der Waals surface area contributed by atoms with Crippen molar-refractivity contribution in [2.45, 2.75) is 38.0 Å². The largest absolute Gasteiger partial charge is 0.478 e. The predicted octanol–water partition coefficient (Wildman–Crippen LogP) is 5.88. The second-order valence-electron chi connectivity index (χ2n) is 9.02. The summed E-state index contributed by atoms with van der Waals surface area (Å²) >= 11 is 0. The number of hydrogen-bond acceptors (Lipinski definition) is 4. The molecule has 3 N–H and O–H groups in total. The van der Waals surface area contributed by atoms with Crippen LogP contribution in [0.5, 0.6) is 0 Å². The Labute approximate surface area is 208 Å². The van der Waals surface area contributed by atoms with Gasteiger partial charge in [0.2, 0.25) is 0 Å². The highest BCUT2D eigenvalue weighted by Crippen LogP contribution is 2.32.